The van der Waals surface area contributed by atoms with E-state index in [0.717, 1.165) is 40.9 Å². The number of hydrogen-bond acceptors (Lipinski definition) is 6. The number of primary amides is 1. The zero-order valence-corrected chi connectivity index (χ0v) is 23.5. The van der Waals surface area contributed by atoms with Crippen molar-refractivity contribution in [3.63, 3.8) is 0 Å². The standard InChI is InChI=1S/C31H32N6O3S/c1-19-10-11-22(21-12-13-21)17-25(19)37(30(33)40)31-36-27(23-8-5-9-24(16-23)35-26(38)14-15-32)28(41-31)29(39)34-18-20-6-3-2-4-7-20/h2-11,16-17,21H,12-15,18,32H2,1H3,(H2,33,40)(H,34,39)(H,35,38). The Morgan fingerprint density at radius 3 is 2.51 bits per heavy atom. The van der Waals surface area contributed by atoms with E-state index in [1.807, 2.05) is 49.4 Å². The molecule has 5 rings (SSSR count). The van der Waals surface area contributed by atoms with Crippen molar-refractivity contribution in [3.8, 4) is 11.3 Å². The number of benzene rings is 3. The van der Waals surface area contributed by atoms with Crippen LogP contribution in [0.25, 0.3) is 11.3 Å². The second-order valence-electron chi connectivity index (χ2n) is 10.0. The first kappa shape index (κ1) is 28.0. The minimum absolute atomic E-state index is 0.186. The number of aromatic nitrogens is 1. The fraction of sp³-hybridized carbons (Fsp3) is 0.226. The van der Waals surface area contributed by atoms with Crippen LogP contribution in [0.1, 0.15) is 51.5 Å². The largest absolute Gasteiger partial charge is 0.351 e. The quantitative estimate of drug-likeness (QED) is 0.202. The number of rotatable bonds is 10. The van der Waals surface area contributed by atoms with Crippen molar-refractivity contribution in [2.24, 2.45) is 11.5 Å². The number of amides is 4. The van der Waals surface area contributed by atoms with E-state index in [4.69, 9.17) is 16.5 Å². The highest BCUT2D eigenvalue weighted by atomic mass is 32.1. The summed E-state index contributed by atoms with van der Waals surface area (Å²) in [6.07, 6.45) is 2.42. The third-order valence-electron chi connectivity index (χ3n) is 6.84. The number of thiazole rings is 1. The van der Waals surface area contributed by atoms with Gasteiger partial charge in [-0.05, 0) is 60.6 Å². The molecule has 0 radical (unpaired) electrons. The van der Waals surface area contributed by atoms with Crippen molar-refractivity contribution >= 4 is 45.7 Å². The van der Waals surface area contributed by atoms with Gasteiger partial charge in [-0.2, -0.15) is 0 Å². The normalized spacial score (nSPS) is 12.5. The summed E-state index contributed by atoms with van der Waals surface area (Å²) in [4.78, 5) is 45.1. The average Bonchev–Trinajstić information content (AvgIpc) is 3.72. The molecule has 41 heavy (non-hydrogen) atoms. The lowest BCUT2D eigenvalue weighted by Gasteiger charge is -2.20. The van der Waals surface area contributed by atoms with Gasteiger partial charge >= 0.3 is 6.03 Å². The van der Waals surface area contributed by atoms with Crippen LogP contribution in [0.5, 0.6) is 0 Å². The van der Waals surface area contributed by atoms with E-state index >= 15 is 0 Å². The van der Waals surface area contributed by atoms with Crippen molar-refractivity contribution in [1.82, 2.24) is 10.3 Å². The van der Waals surface area contributed by atoms with E-state index in [-0.39, 0.29) is 29.9 Å². The summed E-state index contributed by atoms with van der Waals surface area (Å²) in [7, 11) is 0. The molecule has 1 aliphatic carbocycles. The van der Waals surface area contributed by atoms with Gasteiger partial charge in [-0.25, -0.2) is 14.7 Å². The highest BCUT2D eigenvalue weighted by Crippen LogP contribution is 2.43. The Morgan fingerprint density at radius 2 is 1.80 bits per heavy atom. The molecule has 9 nitrogen and oxygen atoms in total. The van der Waals surface area contributed by atoms with Gasteiger partial charge in [-0.15, -0.1) is 0 Å². The number of nitrogens with one attached hydrogen (secondary N) is 2. The number of carbonyl (C=O) groups is 3. The van der Waals surface area contributed by atoms with Crippen molar-refractivity contribution in [1.29, 1.82) is 0 Å². The second kappa shape index (κ2) is 12.3. The molecule has 0 bridgehead atoms. The minimum atomic E-state index is -0.694. The summed E-state index contributed by atoms with van der Waals surface area (Å²) < 4.78 is 0. The van der Waals surface area contributed by atoms with E-state index in [2.05, 4.69) is 16.7 Å². The van der Waals surface area contributed by atoms with E-state index in [0.29, 0.717) is 40.0 Å². The summed E-state index contributed by atoms with van der Waals surface area (Å²) in [6, 6.07) is 22.0. The first-order valence-corrected chi connectivity index (χ1v) is 14.3. The molecule has 0 aliphatic heterocycles. The number of nitrogens with zero attached hydrogens (tertiary/aromatic N) is 2. The summed E-state index contributed by atoms with van der Waals surface area (Å²) in [6.45, 7) is 2.47. The molecule has 6 N–H and O–H groups in total. The highest BCUT2D eigenvalue weighted by Gasteiger charge is 2.29. The molecule has 4 amide bonds. The van der Waals surface area contributed by atoms with Crippen molar-refractivity contribution < 1.29 is 14.4 Å². The maximum atomic E-state index is 13.6. The Bertz CT molecular complexity index is 1580. The molecule has 0 atom stereocenters. The molecule has 210 valence electrons. The van der Waals surface area contributed by atoms with Gasteiger partial charge in [0.1, 0.15) is 4.88 Å². The number of carbonyl (C=O) groups excluding carboxylic acids is 3. The van der Waals surface area contributed by atoms with Crippen LogP contribution in [0.2, 0.25) is 0 Å². The molecule has 10 heteroatoms. The molecule has 1 aliphatic rings. The fourth-order valence-corrected chi connectivity index (χ4v) is 5.59. The first-order chi connectivity index (χ1) is 19.8. The van der Waals surface area contributed by atoms with Crippen molar-refractivity contribution in [2.75, 3.05) is 16.8 Å². The fourth-order valence-electron chi connectivity index (χ4n) is 4.57. The number of anilines is 3. The predicted octanol–water partition coefficient (Wildman–Crippen LogP) is 5.43. The van der Waals surface area contributed by atoms with Gasteiger partial charge in [0.25, 0.3) is 5.91 Å². The van der Waals surface area contributed by atoms with Crippen molar-refractivity contribution in [3.05, 3.63) is 94.4 Å². The number of aryl methyl sites for hydroxylation is 1. The minimum Gasteiger partial charge on any atom is -0.351 e. The molecular formula is C31H32N6O3S. The van der Waals surface area contributed by atoms with Gasteiger partial charge in [0, 0.05) is 30.8 Å². The van der Waals surface area contributed by atoms with Gasteiger partial charge in [0.15, 0.2) is 5.13 Å². The summed E-state index contributed by atoms with van der Waals surface area (Å²) in [5.74, 6) is -0.0686. The van der Waals surface area contributed by atoms with Gasteiger partial charge in [0.2, 0.25) is 5.91 Å². The van der Waals surface area contributed by atoms with Gasteiger partial charge in [-0.1, -0.05) is 65.9 Å². The van der Waals surface area contributed by atoms with E-state index in [1.54, 1.807) is 24.3 Å². The van der Waals surface area contributed by atoms with Crippen LogP contribution >= 0.6 is 11.3 Å². The maximum absolute atomic E-state index is 13.6. The Morgan fingerprint density at radius 1 is 1.02 bits per heavy atom. The van der Waals surface area contributed by atoms with Crippen LogP contribution in [-0.2, 0) is 11.3 Å². The van der Waals surface area contributed by atoms with Crippen LogP contribution in [-0.4, -0.2) is 29.4 Å². The van der Waals surface area contributed by atoms with Crippen LogP contribution in [0, 0.1) is 6.92 Å². The molecule has 1 saturated carbocycles. The molecule has 1 fully saturated rings. The van der Waals surface area contributed by atoms with E-state index in [1.165, 1.54) is 4.90 Å². The zero-order valence-electron chi connectivity index (χ0n) is 22.7. The maximum Gasteiger partial charge on any atom is 0.325 e. The van der Waals surface area contributed by atoms with Crippen molar-refractivity contribution in [2.45, 2.75) is 38.6 Å². The SMILES string of the molecule is Cc1ccc(C2CC2)cc1N(C(N)=O)c1nc(-c2cccc(NC(=O)CCN)c2)c(C(=O)NCc2ccccc2)s1. The topological polar surface area (TPSA) is 143 Å². The summed E-state index contributed by atoms with van der Waals surface area (Å²) >= 11 is 1.09. The molecule has 0 saturated heterocycles. The number of nitrogens with two attached hydrogens (primary N) is 2. The average molecular weight is 569 g/mol. The van der Waals surface area contributed by atoms with Crippen LogP contribution in [0.3, 0.4) is 0 Å². The molecule has 0 unspecified atom stereocenters. The lowest BCUT2D eigenvalue weighted by atomic mass is 10.1. The Kier molecular flexibility index (Phi) is 8.42. The monoisotopic (exact) mass is 568 g/mol. The molecule has 1 aromatic heterocycles. The highest BCUT2D eigenvalue weighted by molar-refractivity contribution is 7.18. The number of hydrogen-bond donors (Lipinski definition) is 4. The van der Waals surface area contributed by atoms with Gasteiger partial charge in [0.05, 0.1) is 11.4 Å². The third kappa shape index (κ3) is 6.62. The van der Waals surface area contributed by atoms with E-state index < -0.39 is 6.03 Å². The Balaban J connectivity index is 1.55. The Labute approximate surface area is 242 Å². The third-order valence-corrected chi connectivity index (χ3v) is 7.88. The lowest BCUT2D eigenvalue weighted by molar-refractivity contribution is -0.116. The van der Waals surface area contributed by atoms with Gasteiger partial charge in [-0.3, -0.25) is 9.59 Å². The summed E-state index contributed by atoms with van der Waals surface area (Å²) in [5, 5.41) is 6.07. The van der Waals surface area contributed by atoms with Gasteiger partial charge < -0.3 is 22.1 Å². The predicted molar refractivity (Wildman–Crippen MR) is 162 cm³/mol. The van der Waals surface area contributed by atoms with Crippen LogP contribution in [0.15, 0.2) is 72.8 Å². The lowest BCUT2D eigenvalue weighted by Crippen LogP contribution is -2.32. The Hall–Kier alpha value is -4.54. The molecular weight excluding hydrogens is 536 g/mol. The molecule has 4 aromatic rings. The van der Waals surface area contributed by atoms with E-state index in [9.17, 15) is 14.4 Å². The molecule has 0 spiro atoms. The molecule has 1 heterocycles. The zero-order chi connectivity index (χ0) is 28.9. The smallest absolute Gasteiger partial charge is 0.325 e. The summed E-state index contributed by atoms with van der Waals surface area (Å²) in [5.41, 5.74) is 16.6. The molecule has 3 aromatic carbocycles. The van der Waals surface area contributed by atoms with Crippen LogP contribution in [0.4, 0.5) is 21.3 Å². The first-order valence-electron chi connectivity index (χ1n) is 13.5. The number of urea groups is 1. The van der Waals surface area contributed by atoms with Crippen LogP contribution < -0.4 is 27.0 Å². The second-order valence-corrected chi connectivity index (χ2v) is 11.0.